The summed E-state index contributed by atoms with van der Waals surface area (Å²) in [4.78, 5) is 3.88. The Morgan fingerprint density at radius 3 is 2.58 bits per heavy atom. The lowest BCUT2D eigenvalue weighted by molar-refractivity contribution is 0.165. The van der Waals surface area contributed by atoms with E-state index < -0.39 is 0 Å². The minimum Gasteiger partial charge on any atom is -0.307 e. The molecule has 1 N–H and O–H groups in total. The Hall–Kier alpha value is -0.0900. The van der Waals surface area contributed by atoms with Gasteiger partial charge >= 0.3 is 0 Å². The molecule has 1 fully saturated rings. The second-order valence-corrected chi connectivity index (χ2v) is 7.34. The SMILES string of the molecule is CCN1CCC(C(C)NC(C)c2ccc(Cl)s2)CC1. The van der Waals surface area contributed by atoms with Crippen molar-refractivity contribution in [3.05, 3.63) is 21.3 Å². The van der Waals surface area contributed by atoms with E-state index in [0.717, 1.165) is 10.3 Å². The van der Waals surface area contributed by atoms with Crippen LogP contribution in [0, 0.1) is 5.92 Å². The first-order valence-corrected chi connectivity index (χ1v) is 8.53. The Morgan fingerprint density at radius 1 is 1.37 bits per heavy atom. The van der Waals surface area contributed by atoms with Crippen LogP contribution in [-0.2, 0) is 0 Å². The number of likely N-dealkylation sites (tertiary alicyclic amines) is 1. The fourth-order valence-electron chi connectivity index (χ4n) is 2.94. The Bertz CT molecular complexity index is 385. The first-order chi connectivity index (χ1) is 9.10. The monoisotopic (exact) mass is 300 g/mol. The van der Waals surface area contributed by atoms with Crippen LogP contribution in [0.15, 0.2) is 12.1 Å². The minimum absolute atomic E-state index is 0.400. The van der Waals surface area contributed by atoms with Crippen LogP contribution < -0.4 is 5.32 Å². The van der Waals surface area contributed by atoms with E-state index in [1.807, 2.05) is 6.07 Å². The lowest BCUT2D eigenvalue weighted by Gasteiger charge is -2.35. The average molecular weight is 301 g/mol. The molecule has 1 aromatic heterocycles. The highest BCUT2D eigenvalue weighted by molar-refractivity contribution is 7.16. The summed E-state index contributed by atoms with van der Waals surface area (Å²) in [6, 6.07) is 5.10. The topological polar surface area (TPSA) is 15.3 Å². The van der Waals surface area contributed by atoms with Gasteiger partial charge in [0.15, 0.2) is 0 Å². The van der Waals surface area contributed by atoms with Crippen LogP contribution in [0.4, 0.5) is 0 Å². The van der Waals surface area contributed by atoms with Gasteiger partial charge in [0, 0.05) is 17.0 Å². The van der Waals surface area contributed by atoms with Gasteiger partial charge in [-0.1, -0.05) is 18.5 Å². The molecule has 4 heteroatoms. The molecule has 1 saturated heterocycles. The summed E-state index contributed by atoms with van der Waals surface area (Å²) in [6.45, 7) is 10.5. The molecule has 0 bridgehead atoms. The van der Waals surface area contributed by atoms with Gasteiger partial charge in [0.25, 0.3) is 0 Å². The molecule has 2 unspecified atom stereocenters. The molecule has 0 amide bonds. The standard InChI is InChI=1S/C15H25ClN2S/c1-4-18-9-7-13(8-10-18)11(2)17-12(3)14-5-6-15(16)19-14/h5-6,11-13,17H,4,7-10H2,1-3H3. The summed E-state index contributed by atoms with van der Waals surface area (Å²) in [5.74, 6) is 0.806. The molecule has 0 aliphatic carbocycles. The number of nitrogens with zero attached hydrogens (tertiary/aromatic N) is 1. The minimum atomic E-state index is 0.400. The first kappa shape index (κ1) is 15.3. The molecule has 0 spiro atoms. The molecule has 19 heavy (non-hydrogen) atoms. The van der Waals surface area contributed by atoms with Crippen LogP contribution >= 0.6 is 22.9 Å². The largest absolute Gasteiger partial charge is 0.307 e. The highest BCUT2D eigenvalue weighted by atomic mass is 35.5. The molecule has 0 aromatic carbocycles. The van der Waals surface area contributed by atoms with Gasteiger partial charge in [0.05, 0.1) is 4.34 Å². The highest BCUT2D eigenvalue weighted by Gasteiger charge is 2.24. The van der Waals surface area contributed by atoms with Crippen molar-refractivity contribution in [2.24, 2.45) is 5.92 Å². The third-order valence-corrected chi connectivity index (χ3v) is 5.73. The van der Waals surface area contributed by atoms with Crippen LogP contribution in [0.1, 0.15) is 44.5 Å². The second kappa shape index (κ2) is 7.07. The summed E-state index contributed by atoms with van der Waals surface area (Å²) < 4.78 is 0.882. The zero-order valence-corrected chi connectivity index (χ0v) is 13.7. The van der Waals surface area contributed by atoms with Crippen molar-refractivity contribution in [3.63, 3.8) is 0 Å². The number of thiophene rings is 1. The van der Waals surface area contributed by atoms with Gasteiger partial charge in [-0.05, 0) is 64.4 Å². The quantitative estimate of drug-likeness (QED) is 0.878. The number of piperidine rings is 1. The molecular weight excluding hydrogens is 276 g/mol. The van der Waals surface area contributed by atoms with Gasteiger partial charge in [-0.25, -0.2) is 0 Å². The maximum Gasteiger partial charge on any atom is 0.0931 e. The molecule has 2 atom stereocenters. The number of nitrogens with one attached hydrogen (secondary N) is 1. The van der Waals surface area contributed by atoms with Crippen LogP contribution in [0.3, 0.4) is 0 Å². The Kier molecular flexibility index (Phi) is 5.70. The van der Waals surface area contributed by atoms with Crippen molar-refractivity contribution in [3.8, 4) is 0 Å². The summed E-state index contributed by atoms with van der Waals surface area (Å²) in [5.41, 5.74) is 0. The summed E-state index contributed by atoms with van der Waals surface area (Å²) >= 11 is 7.69. The zero-order chi connectivity index (χ0) is 13.8. The lowest BCUT2D eigenvalue weighted by Crippen LogP contribution is -2.42. The maximum atomic E-state index is 6.01. The Morgan fingerprint density at radius 2 is 2.05 bits per heavy atom. The molecule has 108 valence electrons. The Labute approximate surface area is 126 Å². The van der Waals surface area contributed by atoms with Crippen LogP contribution in [0.5, 0.6) is 0 Å². The molecule has 2 nitrogen and oxygen atoms in total. The van der Waals surface area contributed by atoms with Gasteiger partial charge in [-0.15, -0.1) is 11.3 Å². The van der Waals surface area contributed by atoms with Crippen molar-refractivity contribution in [1.29, 1.82) is 0 Å². The van der Waals surface area contributed by atoms with Gasteiger partial charge in [0.2, 0.25) is 0 Å². The van der Waals surface area contributed by atoms with E-state index >= 15 is 0 Å². The molecule has 0 saturated carbocycles. The first-order valence-electron chi connectivity index (χ1n) is 7.33. The van der Waals surface area contributed by atoms with Gasteiger partial charge < -0.3 is 10.2 Å². The third-order valence-electron chi connectivity index (χ3n) is 4.32. The van der Waals surface area contributed by atoms with E-state index in [2.05, 4.69) is 37.1 Å². The molecule has 1 aliphatic rings. The van der Waals surface area contributed by atoms with Crippen molar-refractivity contribution in [1.82, 2.24) is 10.2 Å². The highest BCUT2D eigenvalue weighted by Crippen LogP contribution is 2.28. The molecule has 2 rings (SSSR count). The average Bonchev–Trinajstić information content (AvgIpc) is 2.85. The molecule has 2 heterocycles. The molecule has 0 radical (unpaired) electrons. The van der Waals surface area contributed by atoms with Crippen molar-refractivity contribution in [2.45, 2.75) is 45.7 Å². The number of halogens is 1. The summed E-state index contributed by atoms with van der Waals surface area (Å²) in [6.07, 6.45) is 2.64. The number of hydrogen-bond acceptors (Lipinski definition) is 3. The fourth-order valence-corrected chi connectivity index (χ4v) is 4.02. The van der Waals surface area contributed by atoms with Crippen molar-refractivity contribution in [2.75, 3.05) is 19.6 Å². The normalized spacial score (nSPS) is 21.5. The van der Waals surface area contributed by atoms with E-state index in [4.69, 9.17) is 11.6 Å². The molecule has 1 aromatic rings. The number of rotatable bonds is 5. The van der Waals surface area contributed by atoms with E-state index in [0.29, 0.717) is 12.1 Å². The lowest BCUT2D eigenvalue weighted by atomic mass is 9.90. The van der Waals surface area contributed by atoms with Crippen LogP contribution in [0.25, 0.3) is 0 Å². The second-order valence-electron chi connectivity index (χ2n) is 5.59. The van der Waals surface area contributed by atoms with Gasteiger partial charge in [0.1, 0.15) is 0 Å². The summed E-state index contributed by atoms with van der Waals surface area (Å²) in [5, 5.41) is 3.75. The van der Waals surface area contributed by atoms with E-state index in [9.17, 15) is 0 Å². The third kappa shape index (κ3) is 4.19. The maximum absolute atomic E-state index is 6.01. The fraction of sp³-hybridized carbons (Fsp3) is 0.733. The van der Waals surface area contributed by atoms with Crippen molar-refractivity contribution >= 4 is 22.9 Å². The zero-order valence-electron chi connectivity index (χ0n) is 12.2. The van der Waals surface area contributed by atoms with Crippen molar-refractivity contribution < 1.29 is 0 Å². The Balaban J connectivity index is 1.82. The predicted octanol–water partition coefficient (Wildman–Crippen LogP) is 4.17. The predicted molar refractivity (Wildman–Crippen MR) is 85.2 cm³/mol. The van der Waals surface area contributed by atoms with E-state index in [1.54, 1.807) is 11.3 Å². The molecule has 1 aliphatic heterocycles. The van der Waals surface area contributed by atoms with Crippen LogP contribution in [0.2, 0.25) is 4.34 Å². The van der Waals surface area contributed by atoms with Gasteiger partial charge in [-0.3, -0.25) is 0 Å². The van der Waals surface area contributed by atoms with E-state index in [-0.39, 0.29) is 0 Å². The number of hydrogen-bond donors (Lipinski definition) is 1. The van der Waals surface area contributed by atoms with Gasteiger partial charge in [-0.2, -0.15) is 0 Å². The smallest absolute Gasteiger partial charge is 0.0931 e. The van der Waals surface area contributed by atoms with E-state index in [1.165, 1.54) is 37.4 Å². The van der Waals surface area contributed by atoms with Crippen LogP contribution in [-0.4, -0.2) is 30.6 Å². The summed E-state index contributed by atoms with van der Waals surface area (Å²) in [7, 11) is 0. The molecular formula is C15H25ClN2S.